The fourth-order valence-corrected chi connectivity index (χ4v) is 4.91. The molecule has 1 saturated heterocycles. The molecule has 3 aromatic rings. The molecule has 176 valence electrons. The number of carbonyl (C=O) groups excluding carboxylic acids is 2. The Kier molecular flexibility index (Phi) is 5.69. The average Bonchev–Trinajstić information content (AvgIpc) is 3.39. The van der Waals surface area contributed by atoms with Gasteiger partial charge in [0, 0.05) is 42.8 Å². The first-order chi connectivity index (χ1) is 16.9. The first-order valence-corrected chi connectivity index (χ1v) is 11.6. The zero-order chi connectivity index (χ0) is 24.6. The maximum atomic E-state index is 13.6. The van der Waals surface area contributed by atoms with E-state index in [0.717, 1.165) is 22.5 Å². The summed E-state index contributed by atoms with van der Waals surface area (Å²) < 4.78 is 0. The number of nitrogens with zero attached hydrogens (tertiary/aromatic N) is 5. The van der Waals surface area contributed by atoms with E-state index in [0.29, 0.717) is 30.9 Å². The van der Waals surface area contributed by atoms with E-state index >= 15 is 0 Å². The summed E-state index contributed by atoms with van der Waals surface area (Å²) >= 11 is 0. The minimum Gasteiger partial charge on any atom is -0.378 e. The molecule has 1 aromatic heterocycles. The van der Waals surface area contributed by atoms with Gasteiger partial charge in [0.25, 0.3) is 0 Å². The number of nitrogens with one attached hydrogen (secondary N) is 1. The van der Waals surface area contributed by atoms with Gasteiger partial charge in [-0.05, 0) is 35.4 Å². The number of anilines is 3. The molecule has 0 radical (unpaired) electrons. The highest BCUT2D eigenvalue weighted by atomic mass is 16.2. The average molecular weight is 467 g/mol. The van der Waals surface area contributed by atoms with Gasteiger partial charge in [0.05, 0.1) is 35.6 Å². The Morgan fingerprint density at radius 2 is 2.00 bits per heavy atom. The van der Waals surface area contributed by atoms with Crippen molar-refractivity contribution in [3.8, 4) is 6.07 Å². The Bertz CT molecular complexity index is 1330. The van der Waals surface area contributed by atoms with Crippen molar-refractivity contribution in [1.82, 2.24) is 9.97 Å². The van der Waals surface area contributed by atoms with E-state index in [-0.39, 0.29) is 23.7 Å². The van der Waals surface area contributed by atoms with Gasteiger partial charge in [0.2, 0.25) is 11.8 Å². The quantitative estimate of drug-likeness (QED) is 0.616. The summed E-state index contributed by atoms with van der Waals surface area (Å²) in [6.45, 7) is 5.79. The summed E-state index contributed by atoms with van der Waals surface area (Å²) in [5.74, 6) is -0.547. The van der Waals surface area contributed by atoms with Crippen LogP contribution in [0.25, 0.3) is 0 Å². The zero-order valence-corrected chi connectivity index (χ0v) is 19.7. The molecule has 5 rings (SSSR count). The van der Waals surface area contributed by atoms with Gasteiger partial charge in [-0.15, -0.1) is 0 Å². The van der Waals surface area contributed by atoms with Crippen LogP contribution in [0.3, 0.4) is 0 Å². The Morgan fingerprint density at radius 3 is 2.77 bits per heavy atom. The summed E-state index contributed by atoms with van der Waals surface area (Å²) in [5, 5.41) is 12.5. The molecule has 2 aromatic carbocycles. The zero-order valence-electron chi connectivity index (χ0n) is 19.7. The minimum absolute atomic E-state index is 0.0311. The third kappa shape index (κ3) is 4.33. The van der Waals surface area contributed by atoms with Crippen LogP contribution >= 0.6 is 0 Å². The van der Waals surface area contributed by atoms with Crippen molar-refractivity contribution in [2.45, 2.75) is 32.2 Å². The maximum Gasteiger partial charge on any atom is 0.232 e. The van der Waals surface area contributed by atoms with Crippen LogP contribution in [0.15, 0.2) is 61.2 Å². The van der Waals surface area contributed by atoms with Crippen molar-refractivity contribution >= 4 is 28.9 Å². The van der Waals surface area contributed by atoms with E-state index in [1.807, 2.05) is 17.0 Å². The number of benzene rings is 2. The van der Waals surface area contributed by atoms with Gasteiger partial charge in [-0.25, -0.2) is 9.97 Å². The summed E-state index contributed by atoms with van der Waals surface area (Å²) in [6.07, 6.45) is 5.12. The summed E-state index contributed by atoms with van der Waals surface area (Å²) in [6, 6.07) is 15.2. The molecule has 1 atom stereocenters. The van der Waals surface area contributed by atoms with Crippen LogP contribution in [0.5, 0.6) is 0 Å². The monoisotopic (exact) mass is 466 g/mol. The maximum absolute atomic E-state index is 13.6. The van der Waals surface area contributed by atoms with Crippen LogP contribution in [0.2, 0.25) is 0 Å². The highest BCUT2D eigenvalue weighted by Crippen LogP contribution is 2.42. The van der Waals surface area contributed by atoms with Crippen LogP contribution in [-0.4, -0.2) is 34.9 Å². The van der Waals surface area contributed by atoms with Crippen LogP contribution in [-0.2, 0) is 21.5 Å². The van der Waals surface area contributed by atoms with Crippen molar-refractivity contribution in [3.63, 3.8) is 0 Å². The molecule has 8 heteroatoms. The molecule has 35 heavy (non-hydrogen) atoms. The number of fused-ring (bicyclic) bond motifs is 1. The lowest BCUT2D eigenvalue weighted by Crippen LogP contribution is -2.39. The van der Waals surface area contributed by atoms with Gasteiger partial charge in [0.15, 0.2) is 0 Å². The predicted octanol–water partition coefficient (Wildman–Crippen LogP) is 3.64. The lowest BCUT2D eigenvalue weighted by Gasteiger charge is -2.23. The van der Waals surface area contributed by atoms with Gasteiger partial charge in [-0.2, -0.15) is 5.26 Å². The number of hydrogen-bond donors (Lipinski definition) is 1. The first-order valence-electron chi connectivity index (χ1n) is 11.6. The summed E-state index contributed by atoms with van der Waals surface area (Å²) in [4.78, 5) is 37.9. The number of rotatable bonds is 5. The summed E-state index contributed by atoms with van der Waals surface area (Å²) in [5.41, 5.74) is 4.93. The second-order valence-electron chi connectivity index (χ2n) is 9.71. The van der Waals surface area contributed by atoms with Crippen LogP contribution in [0.4, 0.5) is 17.1 Å². The Labute approximate surface area is 204 Å². The largest absolute Gasteiger partial charge is 0.378 e. The van der Waals surface area contributed by atoms with E-state index < -0.39 is 5.92 Å². The minimum atomic E-state index is -0.422. The molecule has 2 aliphatic heterocycles. The summed E-state index contributed by atoms with van der Waals surface area (Å²) in [7, 11) is 0. The van der Waals surface area contributed by atoms with E-state index in [9.17, 15) is 14.9 Å². The fraction of sp³-hybridized carbons (Fsp3) is 0.296. The van der Waals surface area contributed by atoms with Crippen molar-refractivity contribution in [2.75, 3.05) is 28.2 Å². The Morgan fingerprint density at radius 1 is 1.20 bits per heavy atom. The van der Waals surface area contributed by atoms with Crippen molar-refractivity contribution in [1.29, 1.82) is 5.26 Å². The molecule has 1 N–H and O–H groups in total. The van der Waals surface area contributed by atoms with Gasteiger partial charge in [0.1, 0.15) is 6.33 Å². The smallest absolute Gasteiger partial charge is 0.232 e. The van der Waals surface area contributed by atoms with E-state index in [2.05, 4.69) is 41.3 Å². The third-order valence-electron chi connectivity index (χ3n) is 6.72. The van der Waals surface area contributed by atoms with Crippen molar-refractivity contribution in [2.24, 2.45) is 5.92 Å². The highest BCUT2D eigenvalue weighted by Gasteiger charge is 2.43. The molecule has 1 fully saturated rings. The lowest BCUT2D eigenvalue weighted by molar-refractivity contribution is -0.124. The topological polar surface area (TPSA) is 102 Å². The molecule has 2 amide bonds. The number of aromatic nitrogens is 2. The van der Waals surface area contributed by atoms with Crippen molar-refractivity contribution < 1.29 is 9.59 Å². The normalized spacial score (nSPS) is 18.3. The number of carbonyl (C=O) groups is 2. The van der Waals surface area contributed by atoms with Gasteiger partial charge < -0.3 is 15.1 Å². The number of hydrogen-bond acceptors (Lipinski definition) is 6. The molecular formula is C27H26N6O2. The molecular weight excluding hydrogens is 440 g/mol. The second kappa shape index (κ2) is 8.84. The molecule has 0 aliphatic carbocycles. The first kappa shape index (κ1) is 22.5. The second-order valence-corrected chi connectivity index (χ2v) is 9.71. The van der Waals surface area contributed by atoms with Gasteiger partial charge >= 0.3 is 0 Å². The van der Waals surface area contributed by atoms with Crippen LogP contribution < -0.4 is 15.1 Å². The standard InChI is InChI=1S/C27H26N6O2/c1-27(2)16-33(24-7-6-19(9-23(24)27)12-31-21-13-29-17-30-14-21)26(35)20-10-25(34)32(15-20)22-5-3-4-18(8-22)11-28/h3-9,13-14,17,20,31H,10,12,15-16H2,1-2H3/t20-/m0/s1. The van der Waals surface area contributed by atoms with Crippen molar-refractivity contribution in [3.05, 3.63) is 77.9 Å². The number of nitriles is 1. The lowest BCUT2D eigenvalue weighted by atomic mass is 9.86. The molecule has 3 heterocycles. The number of amides is 2. The SMILES string of the molecule is CC1(C)CN(C(=O)[C@H]2CC(=O)N(c3cccc(C#N)c3)C2)c2ccc(CNc3cncnc3)cc21. The predicted molar refractivity (Wildman–Crippen MR) is 133 cm³/mol. The Balaban J connectivity index is 1.33. The van der Waals surface area contributed by atoms with Gasteiger partial charge in [-0.1, -0.05) is 32.0 Å². The molecule has 0 spiro atoms. The third-order valence-corrected chi connectivity index (χ3v) is 6.72. The molecule has 2 aliphatic rings. The fourth-order valence-electron chi connectivity index (χ4n) is 4.91. The van der Waals surface area contributed by atoms with Gasteiger partial charge in [-0.3, -0.25) is 9.59 Å². The van der Waals surface area contributed by atoms with E-state index in [4.69, 9.17) is 0 Å². The van der Waals surface area contributed by atoms with E-state index in [1.165, 1.54) is 6.33 Å². The molecule has 0 saturated carbocycles. The molecule has 0 unspecified atom stereocenters. The van der Waals surface area contributed by atoms with Crippen LogP contribution in [0.1, 0.15) is 37.0 Å². The van der Waals surface area contributed by atoms with E-state index in [1.54, 1.807) is 41.6 Å². The molecule has 8 nitrogen and oxygen atoms in total. The highest BCUT2D eigenvalue weighted by molar-refractivity contribution is 6.05. The Hall–Kier alpha value is -4.25. The molecule has 0 bridgehead atoms. The van der Waals surface area contributed by atoms with Crippen LogP contribution in [0, 0.1) is 17.2 Å².